The predicted molar refractivity (Wildman–Crippen MR) is 137 cm³/mol. The molecule has 5 nitrogen and oxygen atoms in total. The fourth-order valence-electron chi connectivity index (χ4n) is 4.94. The molecule has 5 aromatic rings. The van der Waals surface area contributed by atoms with E-state index in [2.05, 4.69) is 0 Å². The first-order valence-corrected chi connectivity index (χ1v) is 11.4. The van der Waals surface area contributed by atoms with Crippen LogP contribution >= 0.6 is 0 Å². The lowest BCUT2D eigenvalue weighted by Crippen LogP contribution is -2.29. The Balaban J connectivity index is 1.72. The van der Waals surface area contributed by atoms with Crippen molar-refractivity contribution in [2.75, 3.05) is 4.90 Å². The number of aromatic nitrogens is 1. The summed E-state index contributed by atoms with van der Waals surface area (Å²) in [6, 6.07) is 28.4. The minimum Gasteiger partial charge on any atom is -0.300 e. The second-order valence-electron chi connectivity index (χ2n) is 8.71. The number of ketones is 1. The third kappa shape index (κ3) is 3.24. The van der Waals surface area contributed by atoms with Crippen molar-refractivity contribution in [3.05, 3.63) is 108 Å². The number of pyridine rings is 1. The first kappa shape index (κ1) is 20.9. The van der Waals surface area contributed by atoms with Gasteiger partial charge in [-0.25, -0.2) is 9.88 Å². The normalized spacial score (nSPS) is 13.0. The summed E-state index contributed by atoms with van der Waals surface area (Å²) in [6.45, 7) is 1.49. The fraction of sp³-hybridized carbons (Fsp3) is 0.0667. The number of amides is 2. The highest BCUT2D eigenvalue weighted by molar-refractivity contribution is 6.36. The molecular weight excluding hydrogens is 436 g/mol. The number of nitrogens with zero attached hydrogens (tertiary/aromatic N) is 2. The van der Waals surface area contributed by atoms with Crippen molar-refractivity contribution in [3.63, 3.8) is 0 Å². The second kappa shape index (κ2) is 7.99. The Hall–Kier alpha value is -4.64. The summed E-state index contributed by atoms with van der Waals surface area (Å²) in [7, 11) is 0. The van der Waals surface area contributed by atoms with E-state index in [0.717, 1.165) is 27.4 Å². The van der Waals surface area contributed by atoms with Crippen LogP contribution in [0.25, 0.3) is 32.9 Å². The van der Waals surface area contributed by atoms with Crippen LogP contribution in [0.4, 0.5) is 5.69 Å². The maximum atomic E-state index is 13.6. The zero-order valence-electron chi connectivity index (χ0n) is 19.0. The Morgan fingerprint density at radius 3 is 2.09 bits per heavy atom. The van der Waals surface area contributed by atoms with Crippen molar-refractivity contribution in [2.45, 2.75) is 13.3 Å². The number of Topliss-reactive ketones (excluding diaryl/α,β-unsaturated/α-hetero) is 1. The monoisotopic (exact) mass is 456 g/mol. The lowest BCUT2D eigenvalue weighted by atomic mass is 9.91. The first-order chi connectivity index (χ1) is 17.0. The van der Waals surface area contributed by atoms with Crippen molar-refractivity contribution in [1.82, 2.24) is 4.98 Å². The van der Waals surface area contributed by atoms with Crippen molar-refractivity contribution in [2.24, 2.45) is 0 Å². The van der Waals surface area contributed by atoms with Crippen LogP contribution in [0.5, 0.6) is 0 Å². The summed E-state index contributed by atoms with van der Waals surface area (Å²) < 4.78 is 0. The maximum absolute atomic E-state index is 13.6. The number of hydrogen-bond donors (Lipinski definition) is 0. The van der Waals surface area contributed by atoms with Gasteiger partial charge in [-0.2, -0.15) is 0 Å². The second-order valence-corrected chi connectivity index (χ2v) is 8.71. The highest BCUT2D eigenvalue weighted by Gasteiger charge is 2.40. The van der Waals surface area contributed by atoms with Crippen LogP contribution in [-0.4, -0.2) is 22.6 Å². The topological polar surface area (TPSA) is 67.3 Å². The molecule has 35 heavy (non-hydrogen) atoms. The largest absolute Gasteiger partial charge is 0.300 e. The highest BCUT2D eigenvalue weighted by atomic mass is 16.2. The molecule has 0 fully saturated rings. The Labute approximate surface area is 201 Å². The van der Waals surface area contributed by atoms with Gasteiger partial charge in [-0.05, 0) is 36.1 Å². The van der Waals surface area contributed by atoms with Crippen molar-refractivity contribution in [3.8, 4) is 11.3 Å². The van der Waals surface area contributed by atoms with E-state index in [1.807, 2.05) is 60.7 Å². The van der Waals surface area contributed by atoms with Gasteiger partial charge in [0.25, 0.3) is 11.8 Å². The van der Waals surface area contributed by atoms with Gasteiger partial charge in [0.1, 0.15) is 5.78 Å². The van der Waals surface area contributed by atoms with E-state index in [9.17, 15) is 14.4 Å². The smallest absolute Gasteiger partial charge is 0.266 e. The van der Waals surface area contributed by atoms with Gasteiger partial charge in [0.2, 0.25) is 0 Å². The molecule has 4 aromatic carbocycles. The molecule has 1 aliphatic rings. The number of benzene rings is 4. The summed E-state index contributed by atoms with van der Waals surface area (Å²) >= 11 is 0. The Bertz CT molecular complexity index is 1680. The summed E-state index contributed by atoms with van der Waals surface area (Å²) in [5.74, 6) is -0.918. The quantitative estimate of drug-likeness (QED) is 0.246. The van der Waals surface area contributed by atoms with Crippen LogP contribution in [-0.2, 0) is 11.2 Å². The first-order valence-electron chi connectivity index (χ1n) is 11.4. The molecule has 0 saturated carbocycles. The molecule has 0 spiro atoms. The van der Waals surface area contributed by atoms with E-state index >= 15 is 0 Å². The van der Waals surface area contributed by atoms with Crippen molar-refractivity contribution in [1.29, 1.82) is 0 Å². The van der Waals surface area contributed by atoms with Gasteiger partial charge in [-0.15, -0.1) is 0 Å². The molecule has 0 bridgehead atoms. The van der Waals surface area contributed by atoms with Crippen molar-refractivity contribution < 1.29 is 14.4 Å². The van der Waals surface area contributed by atoms with Gasteiger partial charge in [0, 0.05) is 22.8 Å². The molecule has 5 heteroatoms. The third-order valence-electron chi connectivity index (χ3n) is 6.43. The van der Waals surface area contributed by atoms with E-state index in [1.54, 1.807) is 30.3 Å². The van der Waals surface area contributed by atoms with Crippen LogP contribution in [0, 0.1) is 0 Å². The maximum Gasteiger partial charge on any atom is 0.266 e. The minimum absolute atomic E-state index is 0.0148. The molecule has 0 radical (unpaired) electrons. The summed E-state index contributed by atoms with van der Waals surface area (Å²) in [5.41, 5.74) is 3.87. The van der Waals surface area contributed by atoms with Crippen molar-refractivity contribution >= 4 is 45.0 Å². The highest BCUT2D eigenvalue weighted by Crippen LogP contribution is 2.39. The van der Waals surface area contributed by atoms with Gasteiger partial charge >= 0.3 is 0 Å². The standard InChI is InChI=1S/C30H20N2O3/c1-18(33)16-24-26-25(29(34)32(30(26)35)20-12-6-3-7-13-20)17-23-21-14-8-9-15-22(21)27(31-28(23)24)19-10-4-2-5-11-19/h2-15,17H,16H2,1H3. The van der Waals surface area contributed by atoms with Gasteiger partial charge in [0.15, 0.2) is 0 Å². The Morgan fingerprint density at radius 2 is 1.40 bits per heavy atom. The molecule has 2 heterocycles. The van der Waals surface area contributed by atoms with Crippen LogP contribution in [0.2, 0.25) is 0 Å². The molecule has 168 valence electrons. The number of para-hydroxylation sites is 1. The Morgan fingerprint density at radius 1 is 0.771 bits per heavy atom. The summed E-state index contributed by atoms with van der Waals surface area (Å²) in [5, 5.41) is 2.62. The molecule has 1 aromatic heterocycles. The molecule has 0 N–H and O–H groups in total. The zero-order chi connectivity index (χ0) is 24.1. The number of fused-ring (bicyclic) bond motifs is 4. The van der Waals surface area contributed by atoms with Crippen LogP contribution in [0.3, 0.4) is 0 Å². The number of imide groups is 1. The number of carbonyl (C=O) groups is 3. The summed E-state index contributed by atoms with van der Waals surface area (Å²) in [6.07, 6.45) is 0.0148. The molecule has 0 aliphatic carbocycles. The predicted octanol–water partition coefficient (Wildman–Crippen LogP) is 5.99. The minimum atomic E-state index is -0.425. The Kier molecular flexibility index (Phi) is 4.78. The molecule has 0 saturated heterocycles. The van der Waals surface area contributed by atoms with E-state index in [-0.39, 0.29) is 23.7 Å². The summed E-state index contributed by atoms with van der Waals surface area (Å²) in [4.78, 5) is 45.7. The molecule has 1 aliphatic heterocycles. The lowest BCUT2D eigenvalue weighted by molar-refractivity contribution is -0.116. The lowest BCUT2D eigenvalue weighted by Gasteiger charge is -2.15. The van der Waals surface area contributed by atoms with Gasteiger partial charge in [-0.1, -0.05) is 72.8 Å². The van der Waals surface area contributed by atoms with Crippen LogP contribution in [0.1, 0.15) is 33.2 Å². The number of hydrogen-bond acceptors (Lipinski definition) is 4. The number of rotatable bonds is 4. The van der Waals surface area contributed by atoms with Crippen LogP contribution < -0.4 is 4.90 Å². The van der Waals surface area contributed by atoms with E-state index in [0.29, 0.717) is 22.3 Å². The zero-order valence-corrected chi connectivity index (χ0v) is 19.0. The van der Waals surface area contributed by atoms with E-state index < -0.39 is 5.91 Å². The van der Waals surface area contributed by atoms with Crippen LogP contribution in [0.15, 0.2) is 91.0 Å². The number of anilines is 1. The van der Waals surface area contributed by atoms with Gasteiger partial charge < -0.3 is 0 Å². The molecule has 6 rings (SSSR count). The molecule has 0 unspecified atom stereocenters. The SMILES string of the molecule is CC(=O)Cc1c2c(cc3c1nc(-c1ccccc1)c1ccccc13)C(=O)N(c1ccccc1)C2=O. The fourth-order valence-corrected chi connectivity index (χ4v) is 4.94. The average molecular weight is 457 g/mol. The van der Waals surface area contributed by atoms with Gasteiger partial charge in [-0.3, -0.25) is 14.4 Å². The van der Waals surface area contributed by atoms with Gasteiger partial charge in [0.05, 0.1) is 28.0 Å². The number of carbonyl (C=O) groups excluding carboxylic acids is 3. The van der Waals surface area contributed by atoms with E-state index in [4.69, 9.17) is 4.98 Å². The molecular formula is C30H20N2O3. The third-order valence-corrected chi connectivity index (χ3v) is 6.43. The van der Waals surface area contributed by atoms with E-state index in [1.165, 1.54) is 11.8 Å². The molecule has 0 atom stereocenters. The molecule has 2 amide bonds. The average Bonchev–Trinajstić information content (AvgIpc) is 3.13.